The van der Waals surface area contributed by atoms with E-state index in [0.717, 1.165) is 25.1 Å². The van der Waals surface area contributed by atoms with Crippen molar-refractivity contribution in [1.82, 2.24) is 15.0 Å². The molecule has 0 aromatic carbocycles. The highest BCUT2D eigenvalue weighted by atomic mass is 35.5. The highest BCUT2D eigenvalue weighted by Crippen LogP contribution is 2.12. The minimum Gasteiger partial charge on any atom is -0.481 e. The van der Waals surface area contributed by atoms with Crippen LogP contribution in [0.25, 0.3) is 0 Å². The molecule has 1 aliphatic rings. The maximum Gasteiger partial charge on any atom is 0.242 e. The molecule has 2 heterocycles. The number of ether oxygens (including phenoxy) is 1. The number of halogens is 1. The van der Waals surface area contributed by atoms with Gasteiger partial charge in [-0.15, -0.1) is 12.4 Å². The van der Waals surface area contributed by atoms with Crippen LogP contribution in [0.15, 0.2) is 34.9 Å². The molecule has 112 valence electrons. The van der Waals surface area contributed by atoms with Crippen LogP contribution in [0.4, 0.5) is 0 Å². The Morgan fingerprint density at radius 3 is 2.80 bits per heavy atom. The van der Waals surface area contributed by atoms with Gasteiger partial charge >= 0.3 is 0 Å². The lowest BCUT2D eigenvalue weighted by atomic mass is 10.1. The third-order valence-electron chi connectivity index (χ3n) is 2.88. The van der Waals surface area contributed by atoms with Gasteiger partial charge in [-0.3, -0.25) is 0 Å². The zero-order chi connectivity index (χ0) is 13.7. The summed E-state index contributed by atoms with van der Waals surface area (Å²) in [7, 11) is -2.03. The normalized spacial score (nSPS) is 15.2. The Bertz CT molecular complexity index is 558. The van der Waals surface area contributed by atoms with Gasteiger partial charge in [-0.2, -0.15) is 0 Å². The summed E-state index contributed by atoms with van der Waals surface area (Å²) in [5.41, 5.74) is 1.10. The first-order chi connectivity index (χ1) is 9.12. The van der Waals surface area contributed by atoms with Crippen molar-refractivity contribution < 1.29 is 13.2 Å². The fourth-order valence-corrected chi connectivity index (χ4v) is 2.73. The number of nitrogens with zero attached hydrogens (tertiary/aromatic N) is 1. The summed E-state index contributed by atoms with van der Waals surface area (Å²) in [6.07, 6.45) is 4.17. The van der Waals surface area contributed by atoms with Gasteiger partial charge in [-0.1, -0.05) is 11.6 Å². The van der Waals surface area contributed by atoms with E-state index in [0.29, 0.717) is 12.4 Å². The van der Waals surface area contributed by atoms with Crippen LogP contribution in [-0.4, -0.2) is 40.1 Å². The van der Waals surface area contributed by atoms with E-state index >= 15 is 0 Å². The van der Waals surface area contributed by atoms with Crippen LogP contribution < -0.4 is 14.8 Å². The van der Waals surface area contributed by atoms with Gasteiger partial charge in [-0.25, -0.2) is 18.1 Å². The number of pyridine rings is 1. The smallest absolute Gasteiger partial charge is 0.242 e. The lowest BCUT2D eigenvalue weighted by Gasteiger charge is -2.14. The molecule has 0 amide bonds. The van der Waals surface area contributed by atoms with Gasteiger partial charge in [0.25, 0.3) is 0 Å². The molecule has 2 N–H and O–H groups in total. The Balaban J connectivity index is 0.00000200. The Labute approximate surface area is 125 Å². The van der Waals surface area contributed by atoms with Crippen molar-refractivity contribution in [3.05, 3.63) is 30.0 Å². The molecule has 0 bridgehead atoms. The average Bonchev–Trinajstić information content (AvgIpc) is 2.46. The lowest BCUT2D eigenvalue weighted by Crippen LogP contribution is -2.29. The second-order valence-corrected chi connectivity index (χ2v) is 5.94. The molecular formula is C12H18ClN3O3S. The molecule has 0 atom stereocenters. The maximum absolute atomic E-state index is 12.0. The summed E-state index contributed by atoms with van der Waals surface area (Å²) < 4.78 is 31.6. The molecule has 1 aromatic heterocycles. The first-order valence-corrected chi connectivity index (χ1v) is 7.48. The second kappa shape index (κ2) is 7.58. The molecule has 2 rings (SSSR count). The second-order valence-electron chi connectivity index (χ2n) is 4.18. The van der Waals surface area contributed by atoms with E-state index in [2.05, 4.69) is 15.0 Å². The van der Waals surface area contributed by atoms with Crippen molar-refractivity contribution in [2.45, 2.75) is 11.3 Å². The molecule has 0 saturated heterocycles. The van der Waals surface area contributed by atoms with Crippen molar-refractivity contribution in [1.29, 1.82) is 0 Å². The highest BCUT2D eigenvalue weighted by molar-refractivity contribution is 7.89. The quantitative estimate of drug-likeness (QED) is 0.781. The lowest BCUT2D eigenvalue weighted by molar-refractivity contribution is 0.397. The summed E-state index contributed by atoms with van der Waals surface area (Å²) in [4.78, 5) is 4.03. The van der Waals surface area contributed by atoms with Gasteiger partial charge in [0.05, 0.1) is 13.3 Å². The largest absolute Gasteiger partial charge is 0.481 e. The standard InChI is InChI=1S/C12H17N3O3S.ClH/c1-18-12-3-2-11(9-14-12)19(16,17)15-8-10-4-6-13-7-5-10;/h2-4,9,13,15H,5-8H2,1H3;1H. The fourth-order valence-electron chi connectivity index (χ4n) is 1.75. The molecule has 0 saturated carbocycles. The Morgan fingerprint density at radius 1 is 1.45 bits per heavy atom. The Kier molecular flexibility index (Phi) is 6.41. The summed E-state index contributed by atoms with van der Waals surface area (Å²) in [5, 5.41) is 3.18. The van der Waals surface area contributed by atoms with Gasteiger partial charge in [0.1, 0.15) is 4.90 Å². The molecule has 1 aromatic rings. The van der Waals surface area contributed by atoms with Crippen LogP contribution in [-0.2, 0) is 10.0 Å². The molecule has 0 fully saturated rings. The third kappa shape index (κ3) is 4.45. The van der Waals surface area contributed by atoms with Gasteiger partial charge in [0.15, 0.2) is 0 Å². The van der Waals surface area contributed by atoms with Crippen molar-refractivity contribution in [3.8, 4) is 5.88 Å². The van der Waals surface area contributed by atoms with E-state index in [-0.39, 0.29) is 17.3 Å². The number of methoxy groups -OCH3 is 1. The third-order valence-corrected chi connectivity index (χ3v) is 4.26. The van der Waals surface area contributed by atoms with Crippen molar-refractivity contribution >= 4 is 22.4 Å². The highest BCUT2D eigenvalue weighted by Gasteiger charge is 2.15. The fraction of sp³-hybridized carbons (Fsp3) is 0.417. The number of nitrogens with one attached hydrogen (secondary N) is 2. The van der Waals surface area contributed by atoms with Gasteiger partial charge in [-0.05, 0) is 19.0 Å². The number of sulfonamides is 1. The molecule has 1 aliphatic heterocycles. The van der Waals surface area contributed by atoms with Gasteiger partial charge in [0, 0.05) is 19.2 Å². The maximum atomic E-state index is 12.0. The molecule has 20 heavy (non-hydrogen) atoms. The van der Waals surface area contributed by atoms with Crippen molar-refractivity contribution in [2.24, 2.45) is 0 Å². The van der Waals surface area contributed by atoms with Crippen LogP contribution in [0.3, 0.4) is 0 Å². The summed E-state index contributed by atoms with van der Waals surface area (Å²) in [5.74, 6) is 0.389. The zero-order valence-corrected chi connectivity index (χ0v) is 12.8. The topological polar surface area (TPSA) is 80.3 Å². The molecule has 0 spiro atoms. The van der Waals surface area contributed by atoms with E-state index in [9.17, 15) is 8.42 Å². The Morgan fingerprint density at radius 2 is 2.25 bits per heavy atom. The number of aromatic nitrogens is 1. The van der Waals surface area contributed by atoms with Crippen molar-refractivity contribution in [2.75, 3.05) is 26.7 Å². The number of rotatable bonds is 5. The SMILES string of the molecule is COc1ccc(S(=O)(=O)NCC2=CCNCC2)cn1.Cl. The molecular weight excluding hydrogens is 302 g/mol. The van der Waals surface area contributed by atoms with Crippen LogP contribution in [0.2, 0.25) is 0 Å². The van der Waals surface area contributed by atoms with Gasteiger partial charge < -0.3 is 10.1 Å². The Hall–Kier alpha value is -1.15. The monoisotopic (exact) mass is 319 g/mol. The number of hydrogen-bond acceptors (Lipinski definition) is 5. The molecule has 0 unspecified atom stereocenters. The summed E-state index contributed by atoms with van der Waals surface area (Å²) in [6, 6.07) is 3.00. The first kappa shape index (κ1) is 16.9. The predicted molar refractivity (Wildman–Crippen MR) is 78.8 cm³/mol. The van der Waals surface area contributed by atoms with Gasteiger partial charge in [0.2, 0.25) is 15.9 Å². The summed E-state index contributed by atoms with van der Waals surface area (Å²) >= 11 is 0. The molecule has 0 aliphatic carbocycles. The van der Waals surface area contributed by atoms with E-state index in [4.69, 9.17) is 4.74 Å². The van der Waals surface area contributed by atoms with E-state index in [1.807, 2.05) is 6.08 Å². The van der Waals surface area contributed by atoms with Crippen molar-refractivity contribution in [3.63, 3.8) is 0 Å². The predicted octanol–water partition coefficient (Wildman–Crippen LogP) is 0.710. The molecule has 8 heteroatoms. The zero-order valence-electron chi connectivity index (χ0n) is 11.1. The minimum atomic E-state index is -3.51. The molecule has 0 radical (unpaired) electrons. The van der Waals surface area contributed by atoms with Crippen LogP contribution >= 0.6 is 12.4 Å². The number of hydrogen-bond donors (Lipinski definition) is 2. The summed E-state index contributed by atoms with van der Waals surface area (Å²) in [6.45, 7) is 2.02. The van der Waals surface area contributed by atoms with Crippen LogP contribution in [0.5, 0.6) is 5.88 Å². The van der Waals surface area contributed by atoms with E-state index in [1.165, 1.54) is 25.4 Å². The van der Waals surface area contributed by atoms with Crippen LogP contribution in [0.1, 0.15) is 6.42 Å². The molecule has 6 nitrogen and oxygen atoms in total. The minimum absolute atomic E-state index is 0. The van der Waals surface area contributed by atoms with Crippen LogP contribution in [0, 0.1) is 0 Å². The average molecular weight is 320 g/mol. The van der Waals surface area contributed by atoms with E-state index in [1.54, 1.807) is 0 Å². The van der Waals surface area contributed by atoms with E-state index < -0.39 is 10.0 Å². The first-order valence-electron chi connectivity index (χ1n) is 6.00.